The summed E-state index contributed by atoms with van der Waals surface area (Å²) in [5.74, 6) is 0.612. The molecule has 1 aliphatic rings. The first-order valence-electron chi connectivity index (χ1n) is 6.85. The number of benzene rings is 1. The Hall–Kier alpha value is -1.55. The molecule has 0 saturated carbocycles. The lowest BCUT2D eigenvalue weighted by molar-refractivity contribution is -0.129. The van der Waals surface area contributed by atoms with Crippen molar-refractivity contribution >= 4 is 11.6 Å². The lowest BCUT2D eigenvalue weighted by Crippen LogP contribution is -2.33. The highest BCUT2D eigenvalue weighted by Gasteiger charge is 2.22. The Morgan fingerprint density at radius 2 is 2.16 bits per heavy atom. The summed E-state index contributed by atoms with van der Waals surface area (Å²) < 4.78 is 11.2. The van der Waals surface area contributed by atoms with Gasteiger partial charge in [-0.05, 0) is 45.2 Å². The van der Waals surface area contributed by atoms with Gasteiger partial charge in [0.15, 0.2) is 0 Å². The number of hydrogen-bond acceptors (Lipinski definition) is 3. The van der Waals surface area contributed by atoms with E-state index in [1.807, 2.05) is 38.1 Å². The van der Waals surface area contributed by atoms with Gasteiger partial charge >= 0.3 is 0 Å². The first-order valence-corrected chi connectivity index (χ1v) is 6.85. The fourth-order valence-corrected chi connectivity index (χ4v) is 2.09. The van der Waals surface area contributed by atoms with Gasteiger partial charge in [-0.3, -0.25) is 4.79 Å². The molecule has 0 aromatic heterocycles. The molecule has 1 atom stereocenters. The van der Waals surface area contributed by atoms with Crippen LogP contribution < -0.4 is 10.1 Å². The van der Waals surface area contributed by atoms with Crippen LogP contribution >= 0.6 is 0 Å². The van der Waals surface area contributed by atoms with Crippen molar-refractivity contribution in [3.05, 3.63) is 24.3 Å². The summed E-state index contributed by atoms with van der Waals surface area (Å²) >= 11 is 0. The monoisotopic (exact) mass is 263 g/mol. The van der Waals surface area contributed by atoms with Gasteiger partial charge in [-0.1, -0.05) is 12.1 Å². The van der Waals surface area contributed by atoms with Crippen LogP contribution in [0.25, 0.3) is 0 Å². The molecule has 1 aliphatic heterocycles. The summed E-state index contributed by atoms with van der Waals surface area (Å²) in [5, 5.41) is 2.90. The molecular weight excluding hydrogens is 242 g/mol. The van der Waals surface area contributed by atoms with E-state index in [-0.39, 0.29) is 18.1 Å². The molecule has 1 saturated heterocycles. The van der Waals surface area contributed by atoms with Crippen molar-refractivity contribution in [1.29, 1.82) is 0 Å². The van der Waals surface area contributed by atoms with Gasteiger partial charge in [0, 0.05) is 6.61 Å². The number of para-hydroxylation sites is 2. The van der Waals surface area contributed by atoms with Gasteiger partial charge in [0.05, 0.1) is 11.8 Å². The van der Waals surface area contributed by atoms with Gasteiger partial charge < -0.3 is 14.8 Å². The number of anilines is 1. The molecular formula is C15H21NO3. The lowest BCUT2D eigenvalue weighted by Gasteiger charge is -2.22. The maximum absolute atomic E-state index is 12.1. The zero-order valence-corrected chi connectivity index (χ0v) is 11.5. The molecule has 1 amide bonds. The van der Waals surface area contributed by atoms with Gasteiger partial charge in [-0.2, -0.15) is 0 Å². The average molecular weight is 263 g/mol. The van der Waals surface area contributed by atoms with E-state index in [0.29, 0.717) is 18.0 Å². The highest BCUT2D eigenvalue weighted by atomic mass is 16.5. The van der Waals surface area contributed by atoms with Gasteiger partial charge in [0.25, 0.3) is 5.91 Å². The maximum Gasteiger partial charge on any atom is 0.253 e. The van der Waals surface area contributed by atoms with Crippen molar-refractivity contribution in [2.75, 3.05) is 11.9 Å². The molecule has 0 radical (unpaired) electrons. The minimum absolute atomic E-state index is 0.0731. The second-order valence-electron chi connectivity index (χ2n) is 5.01. The molecule has 1 aromatic carbocycles. The molecule has 4 nitrogen and oxygen atoms in total. The zero-order chi connectivity index (χ0) is 13.7. The quantitative estimate of drug-likeness (QED) is 0.908. The first kappa shape index (κ1) is 13.9. The minimum Gasteiger partial charge on any atom is -0.489 e. The van der Waals surface area contributed by atoms with E-state index in [9.17, 15) is 4.79 Å². The molecule has 4 heteroatoms. The number of carbonyl (C=O) groups excluding carboxylic acids is 1. The third-order valence-corrected chi connectivity index (χ3v) is 2.98. The van der Waals surface area contributed by atoms with Crippen LogP contribution in [0, 0.1) is 0 Å². The third kappa shape index (κ3) is 3.96. The van der Waals surface area contributed by atoms with E-state index in [2.05, 4.69) is 5.32 Å². The normalized spacial score (nSPS) is 19.2. The molecule has 1 aromatic rings. The lowest BCUT2D eigenvalue weighted by atomic mass is 10.1. The fourth-order valence-electron chi connectivity index (χ4n) is 2.09. The predicted molar refractivity (Wildman–Crippen MR) is 74.4 cm³/mol. The van der Waals surface area contributed by atoms with E-state index in [1.54, 1.807) is 0 Å². The summed E-state index contributed by atoms with van der Waals surface area (Å²) in [6.07, 6.45) is 2.61. The number of nitrogens with one attached hydrogen (secondary N) is 1. The van der Waals surface area contributed by atoms with Crippen LogP contribution in [0.2, 0.25) is 0 Å². The van der Waals surface area contributed by atoms with Crippen LogP contribution in [0.4, 0.5) is 5.69 Å². The molecule has 0 bridgehead atoms. The fraction of sp³-hybridized carbons (Fsp3) is 0.533. The van der Waals surface area contributed by atoms with E-state index in [1.165, 1.54) is 0 Å². The summed E-state index contributed by atoms with van der Waals surface area (Å²) in [7, 11) is 0. The van der Waals surface area contributed by atoms with Crippen LogP contribution in [0.3, 0.4) is 0 Å². The first-order chi connectivity index (χ1) is 9.16. The molecule has 1 N–H and O–H groups in total. The second kappa shape index (κ2) is 6.57. The van der Waals surface area contributed by atoms with Crippen LogP contribution in [0.15, 0.2) is 24.3 Å². The van der Waals surface area contributed by atoms with Gasteiger partial charge in [-0.15, -0.1) is 0 Å². The number of amides is 1. The summed E-state index contributed by atoms with van der Waals surface area (Å²) in [6, 6.07) is 7.48. The smallest absolute Gasteiger partial charge is 0.253 e. The molecule has 1 fully saturated rings. The number of carbonyl (C=O) groups is 1. The van der Waals surface area contributed by atoms with Crippen molar-refractivity contribution in [2.24, 2.45) is 0 Å². The highest BCUT2D eigenvalue weighted by Crippen LogP contribution is 2.25. The van der Waals surface area contributed by atoms with Crippen LogP contribution in [0.1, 0.15) is 33.1 Å². The molecule has 2 rings (SSSR count). The predicted octanol–water partition coefficient (Wildman–Crippen LogP) is 2.98. The standard InChI is InChI=1S/C15H21NO3/c1-11(2)19-13-8-4-3-7-12(13)16-15(17)14-9-5-6-10-18-14/h3-4,7-8,11,14H,5-6,9-10H2,1-2H3,(H,16,17). The molecule has 104 valence electrons. The Labute approximate surface area is 114 Å². The number of hydrogen-bond donors (Lipinski definition) is 1. The Morgan fingerprint density at radius 3 is 2.84 bits per heavy atom. The van der Waals surface area contributed by atoms with Gasteiger partial charge in [0.1, 0.15) is 11.9 Å². The summed E-state index contributed by atoms with van der Waals surface area (Å²) in [4.78, 5) is 12.1. The Morgan fingerprint density at radius 1 is 1.37 bits per heavy atom. The van der Waals surface area contributed by atoms with E-state index in [0.717, 1.165) is 19.3 Å². The second-order valence-corrected chi connectivity index (χ2v) is 5.01. The minimum atomic E-state index is -0.333. The van der Waals surface area contributed by atoms with Crippen LogP contribution in [-0.4, -0.2) is 24.7 Å². The summed E-state index contributed by atoms with van der Waals surface area (Å²) in [6.45, 7) is 4.59. The van der Waals surface area contributed by atoms with Gasteiger partial charge in [0.2, 0.25) is 0 Å². The zero-order valence-electron chi connectivity index (χ0n) is 11.5. The van der Waals surface area contributed by atoms with Crippen molar-refractivity contribution < 1.29 is 14.3 Å². The van der Waals surface area contributed by atoms with Gasteiger partial charge in [-0.25, -0.2) is 0 Å². The highest BCUT2D eigenvalue weighted by molar-refractivity contribution is 5.95. The molecule has 1 unspecified atom stereocenters. The molecule has 19 heavy (non-hydrogen) atoms. The van der Waals surface area contributed by atoms with E-state index in [4.69, 9.17) is 9.47 Å². The van der Waals surface area contributed by atoms with Crippen LogP contribution in [0.5, 0.6) is 5.75 Å². The Kier molecular flexibility index (Phi) is 4.80. The van der Waals surface area contributed by atoms with Crippen molar-refractivity contribution in [3.63, 3.8) is 0 Å². The van der Waals surface area contributed by atoms with Crippen molar-refractivity contribution in [1.82, 2.24) is 0 Å². The van der Waals surface area contributed by atoms with Crippen molar-refractivity contribution in [2.45, 2.75) is 45.3 Å². The third-order valence-electron chi connectivity index (χ3n) is 2.98. The Bertz CT molecular complexity index is 425. The topological polar surface area (TPSA) is 47.6 Å². The molecule has 0 spiro atoms. The van der Waals surface area contributed by atoms with Crippen LogP contribution in [-0.2, 0) is 9.53 Å². The average Bonchev–Trinajstić information content (AvgIpc) is 2.41. The maximum atomic E-state index is 12.1. The largest absolute Gasteiger partial charge is 0.489 e. The molecule has 1 heterocycles. The van der Waals surface area contributed by atoms with E-state index >= 15 is 0 Å². The summed E-state index contributed by atoms with van der Waals surface area (Å²) in [5.41, 5.74) is 0.704. The number of rotatable bonds is 4. The SMILES string of the molecule is CC(C)Oc1ccccc1NC(=O)C1CCCCO1. The molecule has 0 aliphatic carbocycles. The van der Waals surface area contributed by atoms with Crippen molar-refractivity contribution in [3.8, 4) is 5.75 Å². The Balaban J connectivity index is 2.03. The van der Waals surface area contributed by atoms with E-state index < -0.39 is 0 Å². The number of ether oxygens (including phenoxy) is 2.